The van der Waals surface area contributed by atoms with Crippen molar-refractivity contribution in [3.8, 4) is 0 Å². The van der Waals surface area contributed by atoms with Crippen molar-refractivity contribution < 1.29 is 26.3 Å². The second kappa shape index (κ2) is 5.69. The molecular weight excluding hydrogens is 284 g/mol. The van der Waals surface area contributed by atoms with E-state index in [0.717, 1.165) is 12.4 Å². The van der Waals surface area contributed by atoms with Crippen molar-refractivity contribution in [3.05, 3.63) is 12.4 Å². The molecule has 0 spiro atoms. The van der Waals surface area contributed by atoms with Crippen LogP contribution in [0.3, 0.4) is 0 Å². The predicted octanol–water partition coefficient (Wildman–Crippen LogP) is -0.768. The standard InChI is InChI=1S/C8H12N2O6S2/c1-15-5-17(11,12)7-3-8(10-4-9-7)18(13,14)6-16-2/h3-4H,5-6H2,1-2H3. The van der Waals surface area contributed by atoms with Crippen LogP contribution in [0.1, 0.15) is 0 Å². The smallest absolute Gasteiger partial charge is 0.219 e. The maximum Gasteiger partial charge on any atom is 0.219 e. The van der Waals surface area contributed by atoms with Crippen LogP contribution in [-0.2, 0) is 29.1 Å². The predicted molar refractivity (Wildman–Crippen MR) is 60.2 cm³/mol. The minimum atomic E-state index is -3.79. The van der Waals surface area contributed by atoms with Gasteiger partial charge in [0, 0.05) is 20.3 Å². The highest BCUT2D eigenvalue weighted by atomic mass is 32.2. The summed E-state index contributed by atoms with van der Waals surface area (Å²) < 4.78 is 55.5. The molecule has 0 aliphatic heterocycles. The molecule has 0 radical (unpaired) electrons. The first-order valence-corrected chi connectivity index (χ1v) is 7.89. The highest BCUT2D eigenvalue weighted by molar-refractivity contribution is 7.92. The highest BCUT2D eigenvalue weighted by Crippen LogP contribution is 2.13. The molecule has 1 rings (SSSR count). The van der Waals surface area contributed by atoms with E-state index in [0.29, 0.717) is 0 Å². The van der Waals surface area contributed by atoms with E-state index >= 15 is 0 Å². The SMILES string of the molecule is COCS(=O)(=O)c1cc(S(=O)(=O)COC)ncn1. The third-order valence-corrected chi connectivity index (χ3v) is 4.61. The van der Waals surface area contributed by atoms with Crippen LogP contribution in [0.5, 0.6) is 0 Å². The molecule has 0 amide bonds. The van der Waals surface area contributed by atoms with Crippen LogP contribution in [0.4, 0.5) is 0 Å². The summed E-state index contributed by atoms with van der Waals surface area (Å²) in [4.78, 5) is 7.04. The number of aromatic nitrogens is 2. The lowest BCUT2D eigenvalue weighted by Gasteiger charge is -2.05. The zero-order chi connectivity index (χ0) is 13.8. The van der Waals surface area contributed by atoms with E-state index in [-0.39, 0.29) is 0 Å². The average Bonchev–Trinajstić information content (AvgIpc) is 2.29. The summed E-state index contributed by atoms with van der Waals surface area (Å²) in [5.74, 6) is -1.18. The van der Waals surface area contributed by atoms with Crippen molar-refractivity contribution in [3.63, 3.8) is 0 Å². The summed E-state index contributed by atoms with van der Waals surface area (Å²) in [5, 5.41) is -0.817. The van der Waals surface area contributed by atoms with Crippen LogP contribution in [0.15, 0.2) is 22.4 Å². The monoisotopic (exact) mass is 296 g/mol. The number of hydrogen-bond donors (Lipinski definition) is 0. The molecule has 0 fully saturated rings. The van der Waals surface area contributed by atoms with E-state index < -0.39 is 41.6 Å². The summed E-state index contributed by atoms with van der Waals surface area (Å²) in [6.07, 6.45) is 0.866. The second-order valence-corrected chi connectivity index (χ2v) is 7.00. The summed E-state index contributed by atoms with van der Waals surface area (Å²) in [7, 11) is -5.15. The topological polar surface area (TPSA) is 113 Å². The largest absolute Gasteiger partial charge is 0.368 e. The Kier molecular flexibility index (Phi) is 4.73. The minimum absolute atomic E-state index is 0.408. The molecule has 0 aromatic carbocycles. The molecule has 8 nitrogen and oxygen atoms in total. The molecule has 0 aliphatic rings. The summed E-state index contributed by atoms with van der Waals surface area (Å²) in [5.41, 5.74) is 0. The van der Waals surface area contributed by atoms with E-state index in [1.165, 1.54) is 14.2 Å². The van der Waals surface area contributed by atoms with Crippen LogP contribution in [0.2, 0.25) is 0 Å². The third kappa shape index (κ3) is 3.45. The molecule has 10 heteroatoms. The second-order valence-electron chi connectivity index (χ2n) is 3.24. The first-order chi connectivity index (χ1) is 8.33. The Bertz CT molecular complexity index is 559. The lowest BCUT2D eigenvalue weighted by atomic mass is 10.7. The zero-order valence-electron chi connectivity index (χ0n) is 9.73. The van der Waals surface area contributed by atoms with Crippen molar-refractivity contribution in [1.82, 2.24) is 9.97 Å². The highest BCUT2D eigenvalue weighted by Gasteiger charge is 2.22. The maximum absolute atomic E-state index is 11.6. The van der Waals surface area contributed by atoms with Gasteiger partial charge in [-0.1, -0.05) is 0 Å². The first kappa shape index (κ1) is 15.0. The number of sulfone groups is 2. The molecule has 0 saturated carbocycles. The van der Waals surface area contributed by atoms with Gasteiger partial charge >= 0.3 is 0 Å². The normalized spacial score (nSPS) is 12.6. The van der Waals surface area contributed by atoms with Gasteiger partial charge < -0.3 is 9.47 Å². The Morgan fingerprint density at radius 2 is 1.33 bits per heavy atom. The van der Waals surface area contributed by atoms with Crippen LogP contribution in [-0.4, -0.2) is 52.9 Å². The van der Waals surface area contributed by atoms with Crippen molar-refractivity contribution >= 4 is 19.7 Å². The maximum atomic E-state index is 11.6. The molecule has 1 heterocycles. The molecular formula is C8H12N2O6S2. The number of hydrogen-bond acceptors (Lipinski definition) is 8. The zero-order valence-corrected chi connectivity index (χ0v) is 11.4. The molecule has 0 aliphatic carbocycles. The van der Waals surface area contributed by atoms with Crippen molar-refractivity contribution in [1.29, 1.82) is 0 Å². The fourth-order valence-corrected chi connectivity index (χ4v) is 3.03. The Morgan fingerprint density at radius 3 is 1.67 bits per heavy atom. The summed E-state index contributed by atoms with van der Waals surface area (Å²) in [6, 6.07) is 0.878. The molecule has 1 aromatic rings. The van der Waals surface area contributed by atoms with Gasteiger partial charge in [0.05, 0.1) is 0 Å². The van der Waals surface area contributed by atoms with Gasteiger partial charge in [-0.3, -0.25) is 0 Å². The average molecular weight is 296 g/mol. The Labute approximate surface area is 105 Å². The minimum Gasteiger partial charge on any atom is -0.368 e. The fraction of sp³-hybridized carbons (Fsp3) is 0.500. The van der Waals surface area contributed by atoms with Crippen molar-refractivity contribution in [2.45, 2.75) is 10.1 Å². The quantitative estimate of drug-likeness (QED) is 0.629. The van der Waals surface area contributed by atoms with Gasteiger partial charge in [0.15, 0.2) is 21.9 Å². The Hall–Kier alpha value is -1.10. The van der Waals surface area contributed by atoms with Crippen LogP contribution in [0.25, 0.3) is 0 Å². The van der Waals surface area contributed by atoms with E-state index in [4.69, 9.17) is 0 Å². The van der Waals surface area contributed by atoms with Gasteiger partial charge in [0.25, 0.3) is 0 Å². The van der Waals surface area contributed by atoms with Gasteiger partial charge in [-0.15, -0.1) is 0 Å². The molecule has 1 aromatic heterocycles. The summed E-state index contributed by atoms with van der Waals surface area (Å²) in [6.45, 7) is 0. The Balaban J connectivity index is 3.23. The van der Waals surface area contributed by atoms with Gasteiger partial charge in [-0.05, 0) is 0 Å². The molecule has 0 bridgehead atoms. The van der Waals surface area contributed by atoms with Crippen molar-refractivity contribution in [2.75, 3.05) is 26.1 Å². The van der Waals surface area contributed by atoms with E-state index in [9.17, 15) is 16.8 Å². The lowest BCUT2D eigenvalue weighted by Crippen LogP contribution is -2.14. The number of ether oxygens (including phenoxy) is 2. The number of nitrogens with zero attached hydrogens (tertiary/aromatic N) is 2. The van der Waals surface area contributed by atoms with Crippen molar-refractivity contribution in [2.24, 2.45) is 0 Å². The summed E-state index contributed by atoms with van der Waals surface area (Å²) >= 11 is 0. The van der Waals surface area contributed by atoms with Gasteiger partial charge in [0.2, 0.25) is 19.7 Å². The molecule has 0 N–H and O–H groups in total. The molecule has 18 heavy (non-hydrogen) atoms. The van der Waals surface area contributed by atoms with Crippen LogP contribution >= 0.6 is 0 Å². The number of rotatable bonds is 6. The van der Waals surface area contributed by atoms with E-state index in [2.05, 4.69) is 19.4 Å². The molecule has 0 unspecified atom stereocenters. The molecule has 0 saturated heterocycles. The van der Waals surface area contributed by atoms with Gasteiger partial charge in [-0.2, -0.15) is 0 Å². The Morgan fingerprint density at radius 1 is 0.944 bits per heavy atom. The third-order valence-electron chi connectivity index (χ3n) is 1.80. The van der Waals surface area contributed by atoms with Gasteiger partial charge in [0.1, 0.15) is 6.33 Å². The number of methoxy groups -OCH3 is 2. The van der Waals surface area contributed by atoms with E-state index in [1.807, 2.05) is 0 Å². The van der Waals surface area contributed by atoms with Crippen LogP contribution < -0.4 is 0 Å². The van der Waals surface area contributed by atoms with Crippen LogP contribution in [0, 0.1) is 0 Å². The first-order valence-electron chi connectivity index (χ1n) is 4.59. The van der Waals surface area contributed by atoms with E-state index in [1.54, 1.807) is 0 Å². The fourth-order valence-electron chi connectivity index (χ4n) is 1.09. The van der Waals surface area contributed by atoms with Gasteiger partial charge in [-0.25, -0.2) is 26.8 Å². The molecule has 102 valence electrons. The lowest BCUT2D eigenvalue weighted by molar-refractivity contribution is 0.249. The molecule has 0 atom stereocenters.